The molecule has 0 N–H and O–H groups in total. The SMILES string of the molecule is CCCCCCCCCCCCCCCCCC1(CCCCCCCCCCCCCCCCC)OCC(CCCN(C)C)O1. The monoisotopic (exact) mass is 636 g/mol. The number of hydrogen-bond donors (Lipinski definition) is 0. The van der Waals surface area contributed by atoms with Crippen LogP contribution in [-0.2, 0) is 9.47 Å². The molecule has 0 radical (unpaired) electrons. The topological polar surface area (TPSA) is 21.7 Å². The molecule has 1 fully saturated rings. The van der Waals surface area contributed by atoms with Crippen molar-refractivity contribution in [2.24, 2.45) is 0 Å². The maximum atomic E-state index is 6.73. The molecule has 0 saturated carbocycles. The molecule has 1 saturated heterocycles. The minimum atomic E-state index is -0.282. The van der Waals surface area contributed by atoms with Crippen LogP contribution >= 0.6 is 0 Å². The van der Waals surface area contributed by atoms with Gasteiger partial charge in [-0.2, -0.15) is 0 Å². The molecular weight excluding hydrogens is 550 g/mol. The molecule has 0 aromatic carbocycles. The standard InChI is InChI=1S/C42H85NO2/c1-5-7-9-11-13-15-17-19-21-23-25-27-29-31-33-37-42(44-40-41(45-42)36-35-39-43(3)4)38-34-32-30-28-26-24-22-20-18-16-14-12-10-8-6-2/h41H,5-40H2,1-4H3. The van der Waals surface area contributed by atoms with Gasteiger partial charge in [-0.1, -0.05) is 194 Å². The van der Waals surface area contributed by atoms with Gasteiger partial charge in [-0.3, -0.25) is 0 Å². The molecule has 3 nitrogen and oxygen atoms in total. The van der Waals surface area contributed by atoms with Crippen molar-refractivity contribution in [2.45, 2.75) is 244 Å². The second-order valence-electron chi connectivity index (χ2n) is 15.3. The Hall–Kier alpha value is -0.120. The van der Waals surface area contributed by atoms with Gasteiger partial charge >= 0.3 is 0 Å². The molecule has 0 aliphatic carbocycles. The van der Waals surface area contributed by atoms with E-state index in [1.807, 2.05) is 0 Å². The van der Waals surface area contributed by atoms with Crippen molar-refractivity contribution >= 4 is 0 Å². The average Bonchev–Trinajstić information content (AvgIpc) is 3.43. The van der Waals surface area contributed by atoms with Gasteiger partial charge < -0.3 is 14.4 Å². The van der Waals surface area contributed by atoms with Crippen LogP contribution in [-0.4, -0.2) is 44.0 Å². The van der Waals surface area contributed by atoms with E-state index in [1.54, 1.807) is 0 Å². The Morgan fingerprint density at radius 3 is 1.07 bits per heavy atom. The number of rotatable bonds is 36. The predicted octanol–water partition coefficient (Wildman–Crippen LogP) is 14.0. The molecule has 3 heteroatoms. The second-order valence-corrected chi connectivity index (χ2v) is 15.3. The van der Waals surface area contributed by atoms with E-state index in [2.05, 4.69) is 32.8 Å². The Kier molecular flexibility index (Phi) is 30.9. The third-order valence-electron chi connectivity index (χ3n) is 10.4. The molecule has 1 atom stereocenters. The Balaban J connectivity index is 2.12. The third kappa shape index (κ3) is 27.5. The summed E-state index contributed by atoms with van der Waals surface area (Å²) in [6.45, 7) is 6.57. The fraction of sp³-hybridized carbons (Fsp3) is 1.00. The van der Waals surface area contributed by atoms with Gasteiger partial charge in [0.15, 0.2) is 5.79 Å². The summed E-state index contributed by atoms with van der Waals surface area (Å²) in [5, 5.41) is 0. The maximum absolute atomic E-state index is 6.73. The Labute approximate surface area is 285 Å². The summed E-state index contributed by atoms with van der Waals surface area (Å²) in [5.41, 5.74) is 0. The van der Waals surface area contributed by atoms with Crippen LogP contribution in [0.2, 0.25) is 0 Å². The van der Waals surface area contributed by atoms with E-state index in [1.165, 1.54) is 199 Å². The smallest absolute Gasteiger partial charge is 0.168 e. The summed E-state index contributed by atoms with van der Waals surface area (Å²) in [5.74, 6) is -0.282. The quantitative estimate of drug-likeness (QED) is 0.0639. The third-order valence-corrected chi connectivity index (χ3v) is 10.4. The fourth-order valence-corrected chi connectivity index (χ4v) is 7.31. The van der Waals surface area contributed by atoms with Gasteiger partial charge in [-0.05, 0) is 46.3 Å². The molecule has 1 aliphatic heterocycles. The number of unbranched alkanes of at least 4 members (excludes halogenated alkanes) is 28. The van der Waals surface area contributed by atoms with E-state index in [4.69, 9.17) is 9.47 Å². The molecule has 0 spiro atoms. The predicted molar refractivity (Wildman–Crippen MR) is 200 cm³/mol. The molecule has 1 unspecified atom stereocenters. The van der Waals surface area contributed by atoms with Crippen molar-refractivity contribution in [3.63, 3.8) is 0 Å². The average molecular weight is 636 g/mol. The summed E-state index contributed by atoms with van der Waals surface area (Å²) in [6, 6.07) is 0. The molecular formula is C42H85NO2. The Morgan fingerprint density at radius 2 is 0.756 bits per heavy atom. The summed E-state index contributed by atoms with van der Waals surface area (Å²) in [4.78, 5) is 2.29. The number of hydrogen-bond acceptors (Lipinski definition) is 3. The molecule has 270 valence electrons. The lowest BCUT2D eigenvalue weighted by atomic mass is 9.98. The van der Waals surface area contributed by atoms with E-state index in [0.29, 0.717) is 6.10 Å². The van der Waals surface area contributed by atoms with Crippen LogP contribution in [0.25, 0.3) is 0 Å². The summed E-state index contributed by atoms with van der Waals surface area (Å²) >= 11 is 0. The summed E-state index contributed by atoms with van der Waals surface area (Å²) in [6.07, 6.45) is 47.4. The highest BCUT2D eigenvalue weighted by Gasteiger charge is 2.40. The first kappa shape index (κ1) is 42.9. The molecule has 0 aromatic rings. The van der Waals surface area contributed by atoms with Crippen LogP contribution in [0.4, 0.5) is 0 Å². The van der Waals surface area contributed by atoms with Crippen LogP contribution in [0, 0.1) is 0 Å². The first-order valence-corrected chi connectivity index (χ1v) is 21.1. The van der Waals surface area contributed by atoms with E-state index >= 15 is 0 Å². The Bertz CT molecular complexity index is 545. The molecule has 1 heterocycles. The van der Waals surface area contributed by atoms with Crippen molar-refractivity contribution in [3.8, 4) is 0 Å². The van der Waals surface area contributed by atoms with Gasteiger partial charge in [0.2, 0.25) is 0 Å². The lowest BCUT2D eigenvalue weighted by Gasteiger charge is -2.28. The zero-order valence-electron chi connectivity index (χ0n) is 31.8. The highest BCUT2D eigenvalue weighted by molar-refractivity contribution is 4.80. The summed E-state index contributed by atoms with van der Waals surface area (Å²) in [7, 11) is 4.34. The molecule has 1 aliphatic rings. The van der Waals surface area contributed by atoms with Crippen molar-refractivity contribution in [3.05, 3.63) is 0 Å². The largest absolute Gasteiger partial charge is 0.347 e. The maximum Gasteiger partial charge on any atom is 0.168 e. The van der Waals surface area contributed by atoms with Gasteiger partial charge in [0.05, 0.1) is 12.7 Å². The van der Waals surface area contributed by atoms with Crippen LogP contribution < -0.4 is 0 Å². The first-order valence-electron chi connectivity index (χ1n) is 21.1. The van der Waals surface area contributed by atoms with Crippen molar-refractivity contribution < 1.29 is 9.47 Å². The van der Waals surface area contributed by atoms with Crippen LogP contribution in [0.3, 0.4) is 0 Å². The molecule has 0 bridgehead atoms. The molecule has 0 amide bonds. The Morgan fingerprint density at radius 1 is 0.444 bits per heavy atom. The van der Waals surface area contributed by atoms with Gasteiger partial charge in [0.1, 0.15) is 0 Å². The van der Waals surface area contributed by atoms with Gasteiger partial charge in [0, 0.05) is 12.8 Å². The van der Waals surface area contributed by atoms with E-state index < -0.39 is 0 Å². The molecule has 1 rings (SSSR count). The van der Waals surface area contributed by atoms with Crippen LogP contribution in [0.1, 0.15) is 232 Å². The lowest BCUT2D eigenvalue weighted by molar-refractivity contribution is -0.180. The van der Waals surface area contributed by atoms with Crippen molar-refractivity contribution in [1.82, 2.24) is 4.90 Å². The first-order chi connectivity index (χ1) is 22.1. The van der Waals surface area contributed by atoms with E-state index in [-0.39, 0.29) is 5.79 Å². The van der Waals surface area contributed by atoms with Gasteiger partial charge in [-0.25, -0.2) is 0 Å². The van der Waals surface area contributed by atoms with Crippen LogP contribution in [0.5, 0.6) is 0 Å². The molecule has 0 aromatic heterocycles. The van der Waals surface area contributed by atoms with Crippen LogP contribution in [0.15, 0.2) is 0 Å². The minimum absolute atomic E-state index is 0.282. The number of ether oxygens (including phenoxy) is 2. The summed E-state index contributed by atoms with van der Waals surface area (Å²) < 4.78 is 13.2. The highest BCUT2D eigenvalue weighted by atomic mass is 16.7. The van der Waals surface area contributed by atoms with Crippen molar-refractivity contribution in [1.29, 1.82) is 0 Å². The normalized spacial score (nSPS) is 16.3. The highest BCUT2D eigenvalue weighted by Crippen LogP contribution is 2.36. The van der Waals surface area contributed by atoms with Crippen molar-refractivity contribution in [2.75, 3.05) is 27.2 Å². The van der Waals surface area contributed by atoms with E-state index in [9.17, 15) is 0 Å². The number of nitrogens with zero attached hydrogens (tertiary/aromatic N) is 1. The van der Waals surface area contributed by atoms with Gasteiger partial charge in [0.25, 0.3) is 0 Å². The van der Waals surface area contributed by atoms with Gasteiger partial charge in [-0.15, -0.1) is 0 Å². The lowest BCUT2D eigenvalue weighted by Crippen LogP contribution is -2.31. The molecule has 45 heavy (non-hydrogen) atoms. The fourth-order valence-electron chi connectivity index (χ4n) is 7.31. The zero-order chi connectivity index (χ0) is 32.5. The van der Waals surface area contributed by atoms with E-state index in [0.717, 1.165) is 32.4 Å². The zero-order valence-corrected chi connectivity index (χ0v) is 31.8. The minimum Gasteiger partial charge on any atom is -0.347 e. The second kappa shape index (κ2) is 32.4.